The fraction of sp³-hybridized carbons (Fsp3) is 0.667. The van der Waals surface area contributed by atoms with E-state index >= 15 is 0 Å². The standard InChI is InChI=1S/C24H36NO4PS/c1-7-30(6,29)15-14-25(22(26)18-10-8-17(2)9-11-18)20-16-19(12-13-24(3,4)5)31-21(20)23(27)28/h16-18H,7-11,14-15H2,1-6H3,(H,27,28). The summed E-state index contributed by atoms with van der Waals surface area (Å²) in [4.78, 5) is 27.9. The molecule has 1 aliphatic carbocycles. The van der Waals surface area contributed by atoms with Gasteiger partial charge in [-0.05, 0) is 71.3 Å². The highest BCUT2D eigenvalue weighted by atomic mass is 32.1. The number of hydrogen-bond acceptors (Lipinski definition) is 4. The molecule has 0 bridgehead atoms. The van der Waals surface area contributed by atoms with Crippen molar-refractivity contribution in [2.75, 3.05) is 30.4 Å². The van der Waals surface area contributed by atoms with Gasteiger partial charge >= 0.3 is 5.97 Å². The molecule has 0 radical (unpaired) electrons. The number of aromatic carboxylic acids is 1. The topological polar surface area (TPSA) is 74.7 Å². The van der Waals surface area contributed by atoms with Gasteiger partial charge in [-0.2, -0.15) is 0 Å². The molecule has 5 nitrogen and oxygen atoms in total. The molecular formula is C24H36NO4PS. The summed E-state index contributed by atoms with van der Waals surface area (Å²) in [7, 11) is -2.37. The van der Waals surface area contributed by atoms with Crippen molar-refractivity contribution < 1.29 is 19.3 Å². The minimum atomic E-state index is -2.37. The molecule has 7 heteroatoms. The van der Waals surface area contributed by atoms with Gasteiger partial charge in [0, 0.05) is 24.0 Å². The van der Waals surface area contributed by atoms with E-state index in [0.29, 0.717) is 28.8 Å². The van der Waals surface area contributed by atoms with E-state index in [0.717, 1.165) is 37.0 Å². The molecule has 31 heavy (non-hydrogen) atoms. The molecule has 1 fully saturated rings. The van der Waals surface area contributed by atoms with Gasteiger partial charge in [-0.1, -0.05) is 25.7 Å². The Labute approximate surface area is 191 Å². The Kier molecular flexibility index (Phi) is 8.59. The number of amides is 1. The van der Waals surface area contributed by atoms with Crippen molar-refractivity contribution in [3.8, 4) is 11.8 Å². The lowest BCUT2D eigenvalue weighted by molar-refractivity contribution is -0.123. The molecule has 0 aliphatic heterocycles. The van der Waals surface area contributed by atoms with Crippen LogP contribution >= 0.6 is 18.5 Å². The largest absolute Gasteiger partial charge is 0.477 e. The first-order valence-electron chi connectivity index (χ1n) is 11.1. The second-order valence-corrected chi connectivity index (χ2v) is 14.6. The molecule has 1 saturated carbocycles. The van der Waals surface area contributed by atoms with Crippen molar-refractivity contribution in [2.24, 2.45) is 17.3 Å². The number of anilines is 1. The lowest BCUT2D eigenvalue weighted by Gasteiger charge is -2.31. The van der Waals surface area contributed by atoms with Gasteiger partial charge in [-0.15, -0.1) is 11.3 Å². The van der Waals surface area contributed by atoms with Gasteiger partial charge < -0.3 is 14.6 Å². The summed E-state index contributed by atoms with van der Waals surface area (Å²) in [5, 5.41) is 9.83. The Morgan fingerprint density at radius 1 is 1.26 bits per heavy atom. The first-order chi connectivity index (χ1) is 14.3. The van der Waals surface area contributed by atoms with Crippen molar-refractivity contribution in [1.82, 2.24) is 0 Å². The van der Waals surface area contributed by atoms with Gasteiger partial charge in [0.1, 0.15) is 4.88 Å². The van der Waals surface area contributed by atoms with Crippen LogP contribution in [0.15, 0.2) is 6.07 Å². The molecule has 1 N–H and O–H groups in total. The maximum Gasteiger partial charge on any atom is 0.348 e. The zero-order valence-corrected chi connectivity index (χ0v) is 21.4. The van der Waals surface area contributed by atoms with Crippen molar-refractivity contribution in [2.45, 2.75) is 60.3 Å². The Morgan fingerprint density at radius 3 is 2.39 bits per heavy atom. The zero-order valence-electron chi connectivity index (χ0n) is 19.7. The third kappa shape index (κ3) is 7.51. The Morgan fingerprint density at radius 2 is 1.87 bits per heavy atom. The highest BCUT2D eigenvalue weighted by molar-refractivity contribution is 7.63. The van der Waals surface area contributed by atoms with Gasteiger partial charge in [0.25, 0.3) is 0 Å². The molecule has 1 aromatic heterocycles. The number of hydrogen-bond donors (Lipinski definition) is 1. The van der Waals surface area contributed by atoms with E-state index in [2.05, 4.69) is 18.8 Å². The van der Waals surface area contributed by atoms with Crippen LogP contribution in [0.4, 0.5) is 5.69 Å². The third-order valence-corrected chi connectivity index (χ3v) is 9.37. The van der Waals surface area contributed by atoms with Crippen LogP contribution in [0.3, 0.4) is 0 Å². The number of rotatable bonds is 7. The number of thiophene rings is 1. The van der Waals surface area contributed by atoms with Gasteiger partial charge in [-0.25, -0.2) is 4.79 Å². The third-order valence-electron chi connectivity index (χ3n) is 5.85. The lowest BCUT2D eigenvalue weighted by Crippen LogP contribution is -2.40. The van der Waals surface area contributed by atoms with Crippen molar-refractivity contribution in [3.05, 3.63) is 15.8 Å². The number of nitrogens with zero attached hydrogens (tertiary/aromatic N) is 1. The van der Waals surface area contributed by atoms with E-state index in [1.165, 1.54) is 0 Å². The fourth-order valence-electron chi connectivity index (χ4n) is 3.59. The summed E-state index contributed by atoms with van der Waals surface area (Å²) in [6.45, 7) is 12.1. The molecule has 1 amide bonds. The summed E-state index contributed by atoms with van der Waals surface area (Å²) in [5.74, 6) is 5.61. The van der Waals surface area contributed by atoms with Crippen LogP contribution in [0.25, 0.3) is 0 Å². The maximum absolute atomic E-state index is 13.5. The van der Waals surface area contributed by atoms with Crippen molar-refractivity contribution in [3.63, 3.8) is 0 Å². The molecule has 1 atom stereocenters. The monoisotopic (exact) mass is 465 g/mol. The molecule has 2 rings (SSSR count). The maximum atomic E-state index is 13.5. The van der Waals surface area contributed by atoms with E-state index in [9.17, 15) is 19.3 Å². The van der Waals surface area contributed by atoms with Crippen LogP contribution in [0.1, 0.15) is 74.9 Å². The summed E-state index contributed by atoms with van der Waals surface area (Å²) < 4.78 is 12.7. The number of carboxylic acid groups (broad SMARTS) is 1. The molecule has 1 aliphatic rings. The van der Waals surface area contributed by atoms with Crippen molar-refractivity contribution >= 4 is 36.0 Å². The predicted octanol–water partition coefficient (Wildman–Crippen LogP) is 6.02. The fourth-order valence-corrected chi connectivity index (χ4v) is 5.39. The normalized spacial score (nSPS) is 21.0. The minimum absolute atomic E-state index is 0.0429. The van der Waals surface area contributed by atoms with E-state index in [1.807, 2.05) is 27.7 Å². The molecule has 0 saturated heterocycles. The average Bonchev–Trinajstić information content (AvgIpc) is 3.11. The van der Waals surface area contributed by atoms with Crippen LogP contribution in [0, 0.1) is 29.1 Å². The van der Waals surface area contributed by atoms with Crippen LogP contribution in [-0.4, -0.2) is 42.5 Å². The number of carboxylic acids is 1. The molecule has 1 unspecified atom stereocenters. The molecule has 1 aromatic rings. The molecular weight excluding hydrogens is 429 g/mol. The Hall–Kier alpha value is -1.57. The minimum Gasteiger partial charge on any atom is -0.477 e. The molecule has 172 valence electrons. The summed E-state index contributed by atoms with van der Waals surface area (Å²) in [6, 6.07) is 1.72. The van der Waals surface area contributed by atoms with E-state index in [-0.39, 0.29) is 28.7 Å². The van der Waals surface area contributed by atoms with E-state index in [1.54, 1.807) is 17.6 Å². The SMILES string of the molecule is CCP(C)(=O)CCN(C(=O)C1CCC(C)CC1)c1cc(C#CC(C)(C)C)sc1C(=O)O. The molecule has 0 spiro atoms. The highest BCUT2D eigenvalue weighted by Gasteiger charge is 2.32. The first-order valence-corrected chi connectivity index (χ1v) is 14.4. The second kappa shape index (κ2) is 10.4. The predicted molar refractivity (Wildman–Crippen MR) is 130 cm³/mol. The van der Waals surface area contributed by atoms with Crippen LogP contribution < -0.4 is 4.90 Å². The van der Waals surface area contributed by atoms with E-state index in [4.69, 9.17) is 0 Å². The smallest absolute Gasteiger partial charge is 0.348 e. The van der Waals surface area contributed by atoms with Gasteiger partial charge in [-0.3, -0.25) is 4.79 Å². The first kappa shape index (κ1) is 25.7. The summed E-state index contributed by atoms with van der Waals surface area (Å²) >= 11 is 1.10. The molecule has 1 heterocycles. The Balaban J connectivity index is 2.44. The summed E-state index contributed by atoms with van der Waals surface area (Å²) in [6.07, 6.45) is 4.59. The quantitative estimate of drug-likeness (QED) is 0.395. The van der Waals surface area contributed by atoms with E-state index < -0.39 is 13.1 Å². The van der Waals surface area contributed by atoms with Crippen LogP contribution in [0.2, 0.25) is 0 Å². The van der Waals surface area contributed by atoms with Gasteiger partial charge in [0.2, 0.25) is 5.91 Å². The number of carbonyl (C=O) groups is 2. The second-order valence-electron chi connectivity index (χ2n) is 9.91. The zero-order chi connectivity index (χ0) is 23.4. The lowest BCUT2D eigenvalue weighted by atomic mass is 9.82. The van der Waals surface area contributed by atoms with Gasteiger partial charge in [0.15, 0.2) is 0 Å². The molecule has 0 aromatic carbocycles. The highest BCUT2D eigenvalue weighted by Crippen LogP contribution is 2.41. The van der Waals surface area contributed by atoms with Crippen LogP contribution in [0.5, 0.6) is 0 Å². The van der Waals surface area contributed by atoms with Gasteiger partial charge in [0.05, 0.1) is 17.7 Å². The Bertz CT molecular complexity index is 910. The van der Waals surface area contributed by atoms with Crippen molar-refractivity contribution in [1.29, 1.82) is 0 Å². The average molecular weight is 466 g/mol. The summed E-state index contributed by atoms with van der Waals surface area (Å²) in [5.41, 5.74) is 0.188. The van der Waals surface area contributed by atoms with Crippen LogP contribution in [-0.2, 0) is 9.36 Å². The number of carbonyl (C=O) groups excluding carboxylic acids is 1.